The molecule has 0 saturated heterocycles. The molecule has 0 unspecified atom stereocenters. The van der Waals surface area contributed by atoms with Crippen LogP contribution in [0.2, 0.25) is 0 Å². The van der Waals surface area contributed by atoms with Crippen LogP contribution in [0, 0.1) is 24.0 Å². The summed E-state index contributed by atoms with van der Waals surface area (Å²) in [5.41, 5.74) is 3.72. The molecule has 0 spiro atoms. The van der Waals surface area contributed by atoms with Crippen LogP contribution >= 0.6 is 0 Å². The number of aromatic nitrogens is 1. The highest BCUT2D eigenvalue weighted by Crippen LogP contribution is 2.22. The van der Waals surface area contributed by atoms with E-state index in [9.17, 15) is 14.9 Å². The third-order valence-electron chi connectivity index (χ3n) is 4.16. The maximum atomic E-state index is 12.5. The van der Waals surface area contributed by atoms with Crippen molar-refractivity contribution in [2.24, 2.45) is 0 Å². The number of para-hydroxylation sites is 1. The quantitative estimate of drug-likeness (QED) is 0.389. The molecule has 26 heavy (non-hydrogen) atoms. The number of nitrogens with zero attached hydrogens (tertiary/aromatic N) is 2. The van der Waals surface area contributed by atoms with E-state index in [1.807, 2.05) is 48.7 Å². The number of carbonyl (C=O) groups excluding carboxylic acids is 1. The zero-order chi connectivity index (χ0) is 18.7. The second-order valence-corrected chi connectivity index (χ2v) is 5.96. The van der Waals surface area contributed by atoms with E-state index in [4.69, 9.17) is 4.74 Å². The fourth-order valence-corrected chi connectivity index (χ4v) is 2.93. The number of rotatable bonds is 5. The average molecular weight is 350 g/mol. The van der Waals surface area contributed by atoms with Crippen molar-refractivity contribution in [1.82, 2.24) is 4.57 Å². The number of carbonyl (C=O) groups is 1. The lowest BCUT2D eigenvalue weighted by molar-refractivity contribution is -0.384. The van der Waals surface area contributed by atoms with Crippen molar-refractivity contribution >= 4 is 11.7 Å². The standard InChI is InChI=1S/C20H18N2O4/c1-14-11-19(15(2)21(14)17-8-4-3-5-9-17)20(23)26-13-16-7-6-10-18(12-16)22(24)25/h3-12H,13H2,1-2H3. The van der Waals surface area contributed by atoms with Gasteiger partial charge in [-0.3, -0.25) is 10.1 Å². The first-order chi connectivity index (χ1) is 12.5. The number of esters is 1. The third kappa shape index (κ3) is 3.49. The second kappa shape index (κ2) is 7.23. The Hall–Kier alpha value is -3.41. The van der Waals surface area contributed by atoms with Gasteiger partial charge in [-0.1, -0.05) is 30.3 Å². The predicted molar refractivity (Wildman–Crippen MR) is 97.5 cm³/mol. The van der Waals surface area contributed by atoms with Gasteiger partial charge in [0.2, 0.25) is 0 Å². The van der Waals surface area contributed by atoms with Gasteiger partial charge in [-0.15, -0.1) is 0 Å². The maximum absolute atomic E-state index is 12.5. The minimum Gasteiger partial charge on any atom is -0.457 e. The molecule has 0 saturated carbocycles. The van der Waals surface area contributed by atoms with Gasteiger partial charge < -0.3 is 9.30 Å². The lowest BCUT2D eigenvalue weighted by Crippen LogP contribution is -2.07. The molecule has 0 N–H and O–H groups in total. The van der Waals surface area contributed by atoms with Crippen LogP contribution in [0.1, 0.15) is 27.3 Å². The highest BCUT2D eigenvalue weighted by molar-refractivity contribution is 5.91. The summed E-state index contributed by atoms with van der Waals surface area (Å²) in [6.07, 6.45) is 0. The summed E-state index contributed by atoms with van der Waals surface area (Å²) in [4.78, 5) is 22.8. The topological polar surface area (TPSA) is 74.4 Å². The number of aryl methyl sites for hydroxylation is 1. The number of nitro benzene ring substituents is 1. The number of non-ortho nitro benzene ring substituents is 1. The number of benzene rings is 2. The fraction of sp³-hybridized carbons (Fsp3) is 0.150. The molecule has 0 fully saturated rings. The van der Waals surface area contributed by atoms with E-state index in [2.05, 4.69) is 0 Å². The first-order valence-electron chi connectivity index (χ1n) is 8.12. The van der Waals surface area contributed by atoms with Crippen molar-refractivity contribution in [2.45, 2.75) is 20.5 Å². The highest BCUT2D eigenvalue weighted by Gasteiger charge is 2.18. The summed E-state index contributed by atoms with van der Waals surface area (Å²) in [5.74, 6) is -0.452. The largest absolute Gasteiger partial charge is 0.457 e. The molecule has 132 valence electrons. The lowest BCUT2D eigenvalue weighted by atomic mass is 10.2. The SMILES string of the molecule is Cc1cc(C(=O)OCc2cccc([N+](=O)[O-])c2)c(C)n1-c1ccccc1. The number of nitro groups is 1. The van der Waals surface area contributed by atoms with Gasteiger partial charge in [0.15, 0.2) is 0 Å². The minimum absolute atomic E-state index is 0.0183. The molecule has 3 aromatic rings. The smallest absolute Gasteiger partial charge is 0.340 e. The van der Waals surface area contributed by atoms with Crippen molar-refractivity contribution in [3.63, 3.8) is 0 Å². The average Bonchev–Trinajstić information content (AvgIpc) is 2.95. The molecule has 1 aromatic heterocycles. The molecule has 0 radical (unpaired) electrons. The first kappa shape index (κ1) is 17.4. The van der Waals surface area contributed by atoms with Crippen molar-refractivity contribution < 1.29 is 14.5 Å². The summed E-state index contributed by atoms with van der Waals surface area (Å²) in [6.45, 7) is 3.77. The van der Waals surface area contributed by atoms with Crippen LogP contribution in [0.15, 0.2) is 60.7 Å². The molecular weight excluding hydrogens is 332 g/mol. The zero-order valence-electron chi connectivity index (χ0n) is 14.5. The van der Waals surface area contributed by atoms with Gasteiger partial charge in [-0.05, 0) is 37.6 Å². The van der Waals surface area contributed by atoms with E-state index < -0.39 is 10.9 Å². The zero-order valence-corrected chi connectivity index (χ0v) is 14.5. The van der Waals surface area contributed by atoms with Gasteiger partial charge in [-0.25, -0.2) is 4.79 Å². The molecule has 6 heteroatoms. The summed E-state index contributed by atoms with van der Waals surface area (Å²) in [6, 6.07) is 17.6. The molecule has 0 aliphatic carbocycles. The minimum atomic E-state index is -0.473. The van der Waals surface area contributed by atoms with Gasteiger partial charge in [0.05, 0.1) is 10.5 Å². The Kier molecular flexibility index (Phi) is 4.84. The number of ether oxygens (including phenoxy) is 1. The Balaban J connectivity index is 1.79. The molecule has 0 amide bonds. The molecular formula is C20H18N2O4. The van der Waals surface area contributed by atoms with Gasteiger partial charge >= 0.3 is 5.97 Å². The molecule has 2 aromatic carbocycles. The monoisotopic (exact) mass is 350 g/mol. The van der Waals surface area contributed by atoms with Gasteiger partial charge in [-0.2, -0.15) is 0 Å². The second-order valence-electron chi connectivity index (χ2n) is 5.96. The Labute approximate surface area is 150 Å². The molecule has 3 rings (SSSR count). The van der Waals surface area contributed by atoms with E-state index in [1.165, 1.54) is 12.1 Å². The Morgan fingerprint density at radius 3 is 2.50 bits per heavy atom. The summed E-state index contributed by atoms with van der Waals surface area (Å²) in [5, 5.41) is 10.8. The number of hydrogen-bond acceptors (Lipinski definition) is 4. The number of hydrogen-bond donors (Lipinski definition) is 0. The van der Waals surface area contributed by atoms with Gasteiger partial charge in [0, 0.05) is 29.2 Å². The van der Waals surface area contributed by atoms with Gasteiger partial charge in [0.1, 0.15) is 6.61 Å². The van der Waals surface area contributed by atoms with Crippen LogP contribution < -0.4 is 0 Å². The van der Waals surface area contributed by atoms with Crippen molar-refractivity contribution in [2.75, 3.05) is 0 Å². The van der Waals surface area contributed by atoms with Crippen molar-refractivity contribution in [1.29, 1.82) is 0 Å². The molecule has 1 heterocycles. The van der Waals surface area contributed by atoms with E-state index in [0.717, 1.165) is 17.1 Å². The molecule has 0 atom stereocenters. The summed E-state index contributed by atoms with van der Waals surface area (Å²) >= 11 is 0. The van der Waals surface area contributed by atoms with E-state index in [1.54, 1.807) is 18.2 Å². The summed E-state index contributed by atoms with van der Waals surface area (Å²) in [7, 11) is 0. The molecule has 0 aliphatic rings. The Bertz CT molecular complexity index is 961. The van der Waals surface area contributed by atoms with E-state index in [-0.39, 0.29) is 12.3 Å². The van der Waals surface area contributed by atoms with Crippen molar-refractivity contribution in [3.05, 3.63) is 93.3 Å². The normalized spacial score (nSPS) is 10.5. The maximum Gasteiger partial charge on any atom is 0.340 e. The first-order valence-corrected chi connectivity index (χ1v) is 8.12. The van der Waals surface area contributed by atoms with Gasteiger partial charge in [0.25, 0.3) is 5.69 Å². The summed E-state index contributed by atoms with van der Waals surface area (Å²) < 4.78 is 7.35. The Morgan fingerprint density at radius 2 is 1.81 bits per heavy atom. The highest BCUT2D eigenvalue weighted by atomic mass is 16.6. The third-order valence-corrected chi connectivity index (χ3v) is 4.16. The van der Waals surface area contributed by atoms with Crippen LogP contribution in [0.3, 0.4) is 0 Å². The lowest BCUT2D eigenvalue weighted by Gasteiger charge is -2.09. The van der Waals surface area contributed by atoms with Crippen LogP contribution in [0.5, 0.6) is 0 Å². The Morgan fingerprint density at radius 1 is 1.08 bits per heavy atom. The molecule has 6 nitrogen and oxygen atoms in total. The van der Waals surface area contributed by atoms with E-state index in [0.29, 0.717) is 11.1 Å². The van der Waals surface area contributed by atoms with Crippen molar-refractivity contribution in [3.8, 4) is 5.69 Å². The van der Waals surface area contributed by atoms with E-state index >= 15 is 0 Å². The van der Waals surface area contributed by atoms with Crippen LogP contribution in [-0.4, -0.2) is 15.5 Å². The van der Waals surface area contributed by atoms with Crippen LogP contribution in [0.4, 0.5) is 5.69 Å². The predicted octanol–water partition coefficient (Wildman–Crippen LogP) is 4.36. The molecule has 0 aliphatic heterocycles. The molecule has 0 bridgehead atoms. The van der Waals surface area contributed by atoms with Crippen LogP contribution in [0.25, 0.3) is 5.69 Å². The fourth-order valence-electron chi connectivity index (χ4n) is 2.93. The van der Waals surface area contributed by atoms with Crippen LogP contribution in [-0.2, 0) is 11.3 Å².